The number of nitriles is 1. The second-order valence-electron chi connectivity index (χ2n) is 10.9. The molecule has 3 aromatic rings. The van der Waals surface area contributed by atoms with Gasteiger partial charge in [0.25, 0.3) is 11.8 Å². The maximum atomic E-state index is 14.9. The molecule has 3 amide bonds. The molecule has 2 aromatic carbocycles. The number of nitrogens with zero attached hydrogens (tertiary/aromatic N) is 4. The van der Waals surface area contributed by atoms with Gasteiger partial charge in [0.2, 0.25) is 5.91 Å². The second kappa shape index (κ2) is 11.3. The van der Waals surface area contributed by atoms with Crippen molar-refractivity contribution in [3.8, 4) is 6.07 Å². The van der Waals surface area contributed by atoms with E-state index in [0.717, 1.165) is 5.56 Å². The smallest absolute Gasteiger partial charge is 0.251 e. The van der Waals surface area contributed by atoms with Gasteiger partial charge in [0.1, 0.15) is 17.7 Å². The molecule has 1 aliphatic carbocycles. The van der Waals surface area contributed by atoms with Crippen LogP contribution in [0.2, 0.25) is 0 Å². The first-order chi connectivity index (χ1) is 20.4. The highest BCUT2D eigenvalue weighted by Gasteiger charge is 2.55. The molecule has 2 fully saturated rings. The zero-order chi connectivity index (χ0) is 29.3. The summed E-state index contributed by atoms with van der Waals surface area (Å²) in [7, 11) is 0. The monoisotopic (exact) mass is 567 g/mol. The molecule has 0 spiro atoms. The summed E-state index contributed by atoms with van der Waals surface area (Å²) in [6.45, 7) is 1.05. The van der Waals surface area contributed by atoms with Gasteiger partial charge in [-0.1, -0.05) is 30.3 Å². The van der Waals surface area contributed by atoms with Crippen molar-refractivity contribution in [2.75, 3.05) is 23.0 Å². The molecule has 0 radical (unpaired) electrons. The molecule has 0 saturated carbocycles. The molecule has 6 rings (SSSR count). The van der Waals surface area contributed by atoms with Crippen LogP contribution < -0.4 is 15.1 Å². The fraction of sp³-hybridized carbons (Fsp3) is 0.344. The molecule has 2 saturated heterocycles. The van der Waals surface area contributed by atoms with Gasteiger partial charge < -0.3 is 10.1 Å². The lowest BCUT2D eigenvalue weighted by Crippen LogP contribution is -2.62. The molecule has 3 heterocycles. The Kier molecular flexibility index (Phi) is 7.43. The molecule has 2 atom stereocenters. The van der Waals surface area contributed by atoms with Gasteiger partial charge >= 0.3 is 0 Å². The minimum absolute atomic E-state index is 0.0870. The molecule has 3 aliphatic rings. The Bertz CT molecular complexity index is 1580. The van der Waals surface area contributed by atoms with Crippen LogP contribution in [0.4, 0.5) is 15.9 Å². The average molecular weight is 568 g/mol. The maximum Gasteiger partial charge on any atom is 0.251 e. The third kappa shape index (κ3) is 4.80. The zero-order valence-corrected chi connectivity index (χ0v) is 23.0. The topological polar surface area (TPSA) is 116 Å². The summed E-state index contributed by atoms with van der Waals surface area (Å²) in [6.07, 6.45) is 3.79. The van der Waals surface area contributed by atoms with Crippen molar-refractivity contribution in [2.24, 2.45) is 0 Å². The van der Waals surface area contributed by atoms with Crippen molar-refractivity contribution in [1.82, 2.24) is 10.3 Å². The van der Waals surface area contributed by atoms with E-state index >= 15 is 0 Å². The number of nitrogens with one attached hydrogen (secondary N) is 1. The van der Waals surface area contributed by atoms with E-state index in [1.165, 1.54) is 46.3 Å². The first-order valence-electron chi connectivity index (χ1n) is 14.2. The summed E-state index contributed by atoms with van der Waals surface area (Å²) in [5.74, 6) is -1.56. The van der Waals surface area contributed by atoms with E-state index < -0.39 is 23.3 Å². The minimum atomic E-state index is -1.49. The van der Waals surface area contributed by atoms with Gasteiger partial charge in [-0.3, -0.25) is 24.2 Å². The lowest BCUT2D eigenvalue weighted by molar-refractivity contribution is -0.132. The van der Waals surface area contributed by atoms with Crippen molar-refractivity contribution < 1.29 is 23.5 Å². The highest BCUT2D eigenvalue weighted by atomic mass is 19.1. The Morgan fingerprint density at radius 2 is 1.88 bits per heavy atom. The van der Waals surface area contributed by atoms with E-state index in [9.17, 15) is 24.0 Å². The summed E-state index contributed by atoms with van der Waals surface area (Å²) in [5.41, 5.74) is 0.630. The van der Waals surface area contributed by atoms with Gasteiger partial charge in [-0.05, 0) is 73.6 Å². The van der Waals surface area contributed by atoms with Crippen molar-refractivity contribution in [3.05, 3.63) is 89.4 Å². The van der Waals surface area contributed by atoms with E-state index in [4.69, 9.17) is 4.74 Å². The van der Waals surface area contributed by atoms with Crippen LogP contribution in [0.5, 0.6) is 0 Å². The number of hydrogen-bond donors (Lipinski definition) is 1. The van der Waals surface area contributed by atoms with Crippen LogP contribution in [0.25, 0.3) is 0 Å². The number of rotatable bonds is 6. The van der Waals surface area contributed by atoms with Crippen LogP contribution in [0, 0.1) is 17.1 Å². The molecular formula is C32H30FN5O4. The Balaban J connectivity index is 1.49. The van der Waals surface area contributed by atoms with Gasteiger partial charge in [0.15, 0.2) is 5.54 Å². The molecule has 2 aliphatic heterocycles. The van der Waals surface area contributed by atoms with Crippen LogP contribution in [0.3, 0.4) is 0 Å². The molecule has 9 nitrogen and oxygen atoms in total. The van der Waals surface area contributed by atoms with E-state index in [-0.39, 0.29) is 48.6 Å². The molecule has 0 unspecified atom stereocenters. The minimum Gasteiger partial charge on any atom is -0.381 e. The Labute approximate surface area is 242 Å². The quantitative estimate of drug-likeness (QED) is 0.485. The van der Waals surface area contributed by atoms with E-state index in [1.54, 1.807) is 6.07 Å². The lowest BCUT2D eigenvalue weighted by atomic mass is 9.86. The number of ether oxygens (including phenoxy) is 1. The summed E-state index contributed by atoms with van der Waals surface area (Å²) >= 11 is 0. The van der Waals surface area contributed by atoms with E-state index in [0.29, 0.717) is 43.6 Å². The Morgan fingerprint density at radius 1 is 1.07 bits per heavy atom. The highest BCUT2D eigenvalue weighted by molar-refractivity contribution is 6.12. The van der Waals surface area contributed by atoms with Gasteiger partial charge in [0, 0.05) is 37.6 Å². The van der Waals surface area contributed by atoms with Crippen molar-refractivity contribution >= 4 is 29.2 Å². The summed E-state index contributed by atoms with van der Waals surface area (Å²) in [6, 6.07) is 17.0. The average Bonchev–Trinajstić information content (AvgIpc) is 3.59. The van der Waals surface area contributed by atoms with Crippen molar-refractivity contribution in [3.63, 3.8) is 0 Å². The summed E-state index contributed by atoms with van der Waals surface area (Å²) < 4.78 is 20.3. The molecule has 42 heavy (non-hydrogen) atoms. The normalized spacial score (nSPS) is 22.0. The summed E-state index contributed by atoms with van der Waals surface area (Å²) in [5, 5.41) is 12.6. The molecule has 10 heteroatoms. The number of amides is 3. The van der Waals surface area contributed by atoms with Crippen LogP contribution >= 0.6 is 0 Å². The second-order valence-corrected chi connectivity index (χ2v) is 10.9. The molecular weight excluding hydrogens is 537 g/mol. The number of hydrogen-bond acceptors (Lipinski definition) is 6. The SMILES string of the molecule is N#Cc1ccnc(N2C(=O)CC[C@H]2C(=O)N(c2cccc(F)c2)[C@@]2(C(=O)NC3CCOCC3)CCc3ccccc32)c1. The molecule has 0 bridgehead atoms. The number of fused-ring (bicyclic) bond motifs is 1. The first-order valence-corrected chi connectivity index (χ1v) is 14.2. The number of carbonyl (C=O) groups excluding carboxylic acids is 3. The van der Waals surface area contributed by atoms with Crippen LogP contribution in [0.15, 0.2) is 66.9 Å². The molecule has 1 N–H and O–H groups in total. The molecule has 1 aromatic heterocycles. The van der Waals surface area contributed by atoms with Gasteiger partial charge in [0.05, 0.1) is 11.6 Å². The first kappa shape index (κ1) is 27.5. The number of anilines is 2. The number of aromatic nitrogens is 1. The number of benzene rings is 2. The fourth-order valence-corrected chi connectivity index (χ4v) is 6.43. The van der Waals surface area contributed by atoms with Gasteiger partial charge in [-0.15, -0.1) is 0 Å². The number of pyridine rings is 1. The zero-order valence-electron chi connectivity index (χ0n) is 23.0. The fourth-order valence-electron chi connectivity index (χ4n) is 6.43. The van der Waals surface area contributed by atoms with Crippen LogP contribution in [-0.4, -0.2) is 48.0 Å². The number of halogens is 1. The van der Waals surface area contributed by atoms with Gasteiger partial charge in [-0.2, -0.15) is 5.26 Å². The number of carbonyl (C=O) groups is 3. The summed E-state index contributed by atoms with van der Waals surface area (Å²) in [4.78, 5) is 49.6. The predicted molar refractivity (Wildman–Crippen MR) is 152 cm³/mol. The number of aryl methyl sites for hydroxylation is 1. The molecule has 214 valence electrons. The standard InChI is InChI=1S/C32H30FN5O4/c33-23-5-3-6-25(19-23)38(30(40)27-8-9-29(39)37(27)28-18-21(20-34)11-15-35-28)32(14-10-22-4-1-2-7-26(22)32)31(41)36-24-12-16-42-17-13-24/h1-7,11,15,18-19,24,27H,8-10,12-14,16-17H2,(H,36,41)/t27-,32-/m0/s1. The maximum absolute atomic E-state index is 14.9. The Hall–Kier alpha value is -4.62. The van der Waals surface area contributed by atoms with E-state index in [2.05, 4.69) is 10.3 Å². The van der Waals surface area contributed by atoms with Gasteiger partial charge in [-0.25, -0.2) is 9.37 Å². The Morgan fingerprint density at radius 3 is 2.67 bits per heavy atom. The third-order valence-electron chi connectivity index (χ3n) is 8.44. The third-order valence-corrected chi connectivity index (χ3v) is 8.44. The van der Waals surface area contributed by atoms with Crippen LogP contribution in [0.1, 0.15) is 48.8 Å². The lowest BCUT2D eigenvalue weighted by Gasteiger charge is -2.43. The van der Waals surface area contributed by atoms with E-state index in [1.807, 2.05) is 30.3 Å². The highest BCUT2D eigenvalue weighted by Crippen LogP contribution is 2.46. The largest absolute Gasteiger partial charge is 0.381 e. The van der Waals surface area contributed by atoms with Crippen LogP contribution in [-0.2, 0) is 31.1 Å². The predicted octanol–water partition coefficient (Wildman–Crippen LogP) is 3.76. The van der Waals surface area contributed by atoms with Crippen molar-refractivity contribution in [2.45, 2.75) is 56.1 Å². The van der Waals surface area contributed by atoms with Crippen molar-refractivity contribution in [1.29, 1.82) is 5.26 Å².